The number of aliphatic hydroxyl groups excluding tert-OH is 1. The van der Waals surface area contributed by atoms with Crippen LogP contribution in [0.1, 0.15) is 17.9 Å². The van der Waals surface area contributed by atoms with Crippen molar-refractivity contribution >= 4 is 34.5 Å². The number of carbonyl (C=O) groups is 2. The van der Waals surface area contributed by atoms with Crippen molar-refractivity contribution in [3.8, 4) is 22.8 Å². The third kappa shape index (κ3) is 6.16. The van der Waals surface area contributed by atoms with E-state index in [2.05, 4.69) is 4.90 Å². The summed E-state index contributed by atoms with van der Waals surface area (Å²) >= 11 is 6.36. The minimum absolute atomic E-state index is 0.00766. The van der Waals surface area contributed by atoms with Gasteiger partial charge in [0.05, 0.1) is 25.8 Å². The molecule has 2 atom stereocenters. The lowest BCUT2D eigenvalue weighted by Crippen LogP contribution is -2.32. The van der Waals surface area contributed by atoms with Crippen LogP contribution in [-0.2, 0) is 9.59 Å². The van der Waals surface area contributed by atoms with Crippen molar-refractivity contribution in [1.82, 2.24) is 4.90 Å². The largest absolute Gasteiger partial charge is 0.496 e. The van der Waals surface area contributed by atoms with E-state index in [9.17, 15) is 19.5 Å². The summed E-state index contributed by atoms with van der Waals surface area (Å²) in [5.41, 5.74) is 1.59. The second kappa shape index (κ2) is 12.6. The quantitative estimate of drug-likeness (QED) is 0.376. The molecular formula is C27H28ClNO9. The van der Waals surface area contributed by atoms with E-state index < -0.39 is 11.9 Å². The Morgan fingerprint density at radius 3 is 2.29 bits per heavy atom. The summed E-state index contributed by atoms with van der Waals surface area (Å²) in [7, 11) is 5.06. The van der Waals surface area contributed by atoms with Gasteiger partial charge in [-0.05, 0) is 32.1 Å². The molecule has 1 aliphatic rings. The number of carboxylic acids is 2. The molecule has 3 aromatic rings. The van der Waals surface area contributed by atoms with Crippen molar-refractivity contribution in [2.75, 3.05) is 34.4 Å². The molecule has 38 heavy (non-hydrogen) atoms. The van der Waals surface area contributed by atoms with Crippen molar-refractivity contribution in [1.29, 1.82) is 0 Å². The Hall–Kier alpha value is -3.86. The number of hydrogen-bond donors (Lipinski definition) is 3. The van der Waals surface area contributed by atoms with E-state index in [4.69, 9.17) is 35.7 Å². The Balaban J connectivity index is 0.000000436. The highest BCUT2D eigenvalue weighted by Gasteiger charge is 2.37. The number of likely N-dealkylation sites (tertiary alicyclic amines) is 1. The fourth-order valence-electron chi connectivity index (χ4n) is 4.53. The molecule has 2 heterocycles. The highest BCUT2D eigenvalue weighted by molar-refractivity contribution is 6.33. The first-order chi connectivity index (χ1) is 18.1. The van der Waals surface area contributed by atoms with Crippen molar-refractivity contribution in [2.24, 2.45) is 0 Å². The molecule has 0 spiro atoms. The SMILES string of the molecule is COc1cc(OC)c2c(=O)cc(-c3ccccc3Cl)oc2c1C1CCN(C)C1CO.O=C(O)C=CC(=O)O. The zero-order valence-electron chi connectivity index (χ0n) is 21.0. The Labute approximate surface area is 223 Å². The Kier molecular flexibility index (Phi) is 9.51. The molecule has 1 fully saturated rings. The van der Waals surface area contributed by atoms with Crippen LogP contribution in [-0.4, -0.2) is 72.6 Å². The third-order valence-electron chi connectivity index (χ3n) is 6.30. The Morgan fingerprint density at radius 1 is 1.11 bits per heavy atom. The first-order valence-electron chi connectivity index (χ1n) is 11.6. The summed E-state index contributed by atoms with van der Waals surface area (Å²) in [6, 6.07) is 10.3. The van der Waals surface area contributed by atoms with Crippen LogP contribution in [0.5, 0.6) is 11.5 Å². The molecule has 202 valence electrons. The zero-order valence-corrected chi connectivity index (χ0v) is 21.8. The average molecular weight is 546 g/mol. The molecule has 1 saturated heterocycles. The van der Waals surface area contributed by atoms with E-state index in [1.165, 1.54) is 13.2 Å². The van der Waals surface area contributed by atoms with Gasteiger partial charge in [-0.15, -0.1) is 0 Å². The lowest BCUT2D eigenvalue weighted by atomic mass is 9.89. The first-order valence-corrected chi connectivity index (χ1v) is 11.9. The fourth-order valence-corrected chi connectivity index (χ4v) is 4.76. The number of methoxy groups -OCH3 is 2. The van der Waals surface area contributed by atoms with Gasteiger partial charge in [-0.25, -0.2) is 9.59 Å². The highest BCUT2D eigenvalue weighted by atomic mass is 35.5. The van der Waals surface area contributed by atoms with E-state index in [0.717, 1.165) is 18.5 Å². The zero-order chi connectivity index (χ0) is 28.0. The molecule has 1 aliphatic heterocycles. The van der Waals surface area contributed by atoms with E-state index in [0.29, 0.717) is 51.0 Å². The Bertz CT molecular complexity index is 1400. The van der Waals surface area contributed by atoms with Crippen molar-refractivity contribution in [3.63, 3.8) is 0 Å². The van der Waals surface area contributed by atoms with Crippen LogP contribution < -0.4 is 14.9 Å². The molecule has 1 aromatic heterocycles. The summed E-state index contributed by atoms with van der Waals surface area (Å²) in [6.45, 7) is 0.813. The highest BCUT2D eigenvalue weighted by Crippen LogP contribution is 2.45. The molecule has 0 amide bonds. The molecule has 0 bridgehead atoms. The molecule has 3 N–H and O–H groups in total. The minimum Gasteiger partial charge on any atom is -0.496 e. The number of rotatable bonds is 7. The number of nitrogens with zero attached hydrogens (tertiary/aromatic N) is 1. The van der Waals surface area contributed by atoms with Gasteiger partial charge in [0.1, 0.15) is 28.2 Å². The van der Waals surface area contributed by atoms with Gasteiger partial charge in [-0.2, -0.15) is 0 Å². The van der Waals surface area contributed by atoms with Gasteiger partial charge in [-0.1, -0.05) is 23.7 Å². The number of aliphatic carboxylic acids is 2. The van der Waals surface area contributed by atoms with Gasteiger partial charge < -0.3 is 34.1 Å². The smallest absolute Gasteiger partial charge is 0.328 e. The number of ether oxygens (including phenoxy) is 2. The molecule has 2 aromatic carbocycles. The number of benzene rings is 2. The van der Waals surface area contributed by atoms with Gasteiger partial charge in [-0.3, -0.25) is 4.79 Å². The summed E-state index contributed by atoms with van der Waals surface area (Å²) < 4.78 is 17.5. The number of halogens is 1. The van der Waals surface area contributed by atoms with Crippen LogP contribution in [0.15, 0.2) is 57.8 Å². The molecule has 10 nitrogen and oxygen atoms in total. The van der Waals surface area contributed by atoms with Crippen LogP contribution >= 0.6 is 11.6 Å². The molecular weight excluding hydrogens is 518 g/mol. The molecule has 0 radical (unpaired) electrons. The summed E-state index contributed by atoms with van der Waals surface area (Å²) in [5.74, 6) is -1.25. The number of carboxylic acid groups (broad SMARTS) is 2. The van der Waals surface area contributed by atoms with Crippen LogP contribution in [0.3, 0.4) is 0 Å². The first kappa shape index (κ1) is 28.7. The summed E-state index contributed by atoms with van der Waals surface area (Å²) in [5, 5.41) is 26.5. The van der Waals surface area contributed by atoms with Gasteiger partial charge in [0.15, 0.2) is 5.43 Å². The maximum Gasteiger partial charge on any atom is 0.328 e. The van der Waals surface area contributed by atoms with Crippen LogP contribution in [0, 0.1) is 0 Å². The monoisotopic (exact) mass is 545 g/mol. The third-order valence-corrected chi connectivity index (χ3v) is 6.62. The standard InChI is InChI=1S/C23H24ClNO5.C4H4O4/c1-25-9-8-14(16(25)12-26)21-19(28-2)11-20(29-3)22-17(27)10-18(30-23(21)22)13-6-4-5-7-15(13)24;5-3(6)1-2-4(7)8/h4-7,10-11,14,16,26H,8-9,12H2,1-3H3;1-2H,(H,5,6)(H,7,8). The topological polar surface area (TPSA) is 147 Å². The normalized spacial score (nSPS) is 17.3. The molecule has 2 unspecified atom stereocenters. The minimum atomic E-state index is -1.26. The number of aliphatic hydroxyl groups is 1. The lowest BCUT2D eigenvalue weighted by molar-refractivity contribution is -0.134. The Morgan fingerprint density at radius 2 is 1.74 bits per heavy atom. The second-order valence-corrected chi connectivity index (χ2v) is 8.90. The molecule has 11 heteroatoms. The predicted octanol–water partition coefficient (Wildman–Crippen LogP) is 3.62. The van der Waals surface area contributed by atoms with E-state index in [1.54, 1.807) is 19.2 Å². The lowest BCUT2D eigenvalue weighted by Gasteiger charge is -2.25. The maximum atomic E-state index is 13.2. The van der Waals surface area contributed by atoms with Crippen LogP contribution in [0.4, 0.5) is 0 Å². The van der Waals surface area contributed by atoms with Crippen molar-refractivity contribution in [3.05, 3.63) is 69.4 Å². The van der Waals surface area contributed by atoms with Gasteiger partial charge >= 0.3 is 11.9 Å². The van der Waals surface area contributed by atoms with E-state index >= 15 is 0 Å². The van der Waals surface area contributed by atoms with Crippen molar-refractivity contribution < 1.29 is 38.8 Å². The second-order valence-electron chi connectivity index (χ2n) is 8.49. The maximum absolute atomic E-state index is 13.2. The van der Waals surface area contributed by atoms with Gasteiger partial charge in [0.2, 0.25) is 0 Å². The fraction of sp³-hybridized carbons (Fsp3) is 0.296. The number of likely N-dealkylation sites (N-methyl/N-ethyl adjacent to an activating group) is 1. The number of fused-ring (bicyclic) bond motifs is 1. The van der Waals surface area contributed by atoms with Crippen LogP contribution in [0.25, 0.3) is 22.3 Å². The van der Waals surface area contributed by atoms with Gasteiger partial charge in [0, 0.05) is 47.4 Å². The average Bonchev–Trinajstić information content (AvgIpc) is 3.26. The van der Waals surface area contributed by atoms with Crippen molar-refractivity contribution in [2.45, 2.75) is 18.4 Å². The molecule has 4 rings (SSSR count). The van der Waals surface area contributed by atoms with Gasteiger partial charge in [0.25, 0.3) is 0 Å². The molecule has 0 saturated carbocycles. The van der Waals surface area contributed by atoms with E-state index in [1.807, 2.05) is 25.2 Å². The molecule has 0 aliphatic carbocycles. The van der Waals surface area contributed by atoms with E-state index in [-0.39, 0.29) is 24.0 Å². The van der Waals surface area contributed by atoms with Crippen LogP contribution in [0.2, 0.25) is 5.02 Å². The summed E-state index contributed by atoms with van der Waals surface area (Å²) in [6.07, 6.45) is 1.92. The number of hydrogen-bond acceptors (Lipinski definition) is 8. The predicted molar refractivity (Wildman–Crippen MR) is 141 cm³/mol. The summed E-state index contributed by atoms with van der Waals surface area (Å²) in [4.78, 5) is 34.4.